The molecule has 1 aliphatic heterocycles. The summed E-state index contributed by atoms with van der Waals surface area (Å²) in [6.45, 7) is 1.38. The van der Waals surface area contributed by atoms with Crippen molar-refractivity contribution in [1.29, 1.82) is 0 Å². The van der Waals surface area contributed by atoms with E-state index in [1.54, 1.807) is 0 Å². The number of thiol groups is 1. The van der Waals surface area contributed by atoms with Gasteiger partial charge in [-0.25, -0.2) is 0 Å². The van der Waals surface area contributed by atoms with E-state index in [-0.39, 0.29) is 17.9 Å². The van der Waals surface area contributed by atoms with Crippen LogP contribution < -0.4 is 5.32 Å². The number of hydrogen-bond donors (Lipinski definition) is 2. The molecule has 1 aromatic carbocycles. The second kappa shape index (κ2) is 9.45. The summed E-state index contributed by atoms with van der Waals surface area (Å²) in [6.07, 6.45) is 9.94. The first-order chi connectivity index (χ1) is 12.6. The Labute approximate surface area is 162 Å². The van der Waals surface area contributed by atoms with Crippen molar-refractivity contribution in [1.82, 2.24) is 10.2 Å². The Morgan fingerprint density at radius 3 is 2.42 bits per heavy atom. The fourth-order valence-corrected chi connectivity index (χ4v) is 4.42. The molecule has 2 aliphatic rings. The van der Waals surface area contributed by atoms with Gasteiger partial charge in [-0.2, -0.15) is 0 Å². The molecular weight excluding hydrogens is 344 g/mol. The Morgan fingerprint density at radius 2 is 1.73 bits per heavy atom. The van der Waals surface area contributed by atoms with Crippen LogP contribution in [0.3, 0.4) is 0 Å². The van der Waals surface area contributed by atoms with Crippen LogP contribution in [0.15, 0.2) is 29.2 Å². The van der Waals surface area contributed by atoms with Gasteiger partial charge in [-0.1, -0.05) is 44.2 Å². The standard InChI is InChI=1S/C21H30N2O2S/c24-20(11-10-16-6-2-1-3-7-16)22-17-12-14-23(15-13-17)21(25)18-8-4-5-9-19(18)26/h4-5,8-9,16-17,26H,1-3,6-7,10-15H2,(H,22,24). The van der Waals surface area contributed by atoms with Crippen LogP contribution in [-0.4, -0.2) is 35.8 Å². The van der Waals surface area contributed by atoms with Crippen molar-refractivity contribution in [3.8, 4) is 0 Å². The van der Waals surface area contributed by atoms with Gasteiger partial charge in [0.1, 0.15) is 0 Å². The predicted octanol–water partition coefficient (Wildman–Crippen LogP) is 4.06. The molecule has 3 rings (SSSR count). The number of rotatable bonds is 5. The summed E-state index contributed by atoms with van der Waals surface area (Å²) in [7, 11) is 0. The fourth-order valence-electron chi connectivity index (χ4n) is 4.16. The molecule has 2 fully saturated rings. The molecule has 1 saturated carbocycles. The SMILES string of the molecule is O=C(CCC1CCCCC1)NC1CCN(C(=O)c2ccccc2S)CC1. The van der Waals surface area contributed by atoms with E-state index in [1.165, 1.54) is 32.1 Å². The highest BCUT2D eigenvalue weighted by Gasteiger charge is 2.25. The van der Waals surface area contributed by atoms with Gasteiger partial charge in [0.25, 0.3) is 5.91 Å². The number of nitrogens with one attached hydrogen (secondary N) is 1. The maximum atomic E-state index is 12.6. The number of carbonyl (C=O) groups is 2. The summed E-state index contributed by atoms with van der Waals surface area (Å²) >= 11 is 4.38. The molecule has 0 aromatic heterocycles. The zero-order valence-electron chi connectivity index (χ0n) is 15.5. The molecule has 0 spiro atoms. The van der Waals surface area contributed by atoms with Crippen molar-refractivity contribution in [2.75, 3.05) is 13.1 Å². The molecule has 0 unspecified atom stereocenters. The van der Waals surface area contributed by atoms with Crippen LogP contribution >= 0.6 is 12.6 Å². The molecule has 1 heterocycles. The molecule has 0 radical (unpaired) electrons. The van der Waals surface area contributed by atoms with E-state index in [0.29, 0.717) is 25.1 Å². The molecule has 0 atom stereocenters. The van der Waals surface area contributed by atoms with Crippen molar-refractivity contribution in [2.24, 2.45) is 5.92 Å². The Bertz CT molecular complexity index is 620. The lowest BCUT2D eigenvalue weighted by atomic mass is 9.86. The maximum Gasteiger partial charge on any atom is 0.254 e. The van der Waals surface area contributed by atoms with Crippen LogP contribution in [0, 0.1) is 5.92 Å². The second-order valence-corrected chi connectivity index (χ2v) is 8.18. The van der Waals surface area contributed by atoms with E-state index < -0.39 is 0 Å². The van der Waals surface area contributed by atoms with Crippen molar-refractivity contribution in [2.45, 2.75) is 68.7 Å². The summed E-state index contributed by atoms with van der Waals surface area (Å²) < 4.78 is 0. The molecular formula is C21H30N2O2S. The van der Waals surface area contributed by atoms with Gasteiger partial charge < -0.3 is 10.2 Å². The molecule has 4 nitrogen and oxygen atoms in total. The zero-order chi connectivity index (χ0) is 18.4. The summed E-state index contributed by atoms with van der Waals surface area (Å²) in [4.78, 5) is 27.4. The van der Waals surface area contributed by atoms with Gasteiger partial charge in [0.15, 0.2) is 0 Å². The van der Waals surface area contributed by atoms with E-state index in [9.17, 15) is 9.59 Å². The van der Waals surface area contributed by atoms with Gasteiger partial charge in [0.05, 0.1) is 5.56 Å². The molecule has 26 heavy (non-hydrogen) atoms. The number of piperidine rings is 1. The molecule has 0 bridgehead atoms. The van der Waals surface area contributed by atoms with E-state index in [1.807, 2.05) is 29.2 Å². The minimum absolute atomic E-state index is 0.0395. The average Bonchev–Trinajstić information content (AvgIpc) is 2.68. The third-order valence-electron chi connectivity index (χ3n) is 5.79. The minimum atomic E-state index is 0.0395. The van der Waals surface area contributed by atoms with E-state index >= 15 is 0 Å². The first kappa shape index (κ1) is 19.3. The molecule has 1 aliphatic carbocycles. The van der Waals surface area contributed by atoms with Gasteiger partial charge >= 0.3 is 0 Å². The quantitative estimate of drug-likeness (QED) is 0.764. The largest absolute Gasteiger partial charge is 0.353 e. The number of likely N-dealkylation sites (tertiary alicyclic amines) is 1. The van der Waals surface area contributed by atoms with Crippen LogP contribution in [0.2, 0.25) is 0 Å². The Hall–Kier alpha value is -1.49. The number of nitrogens with zero attached hydrogens (tertiary/aromatic N) is 1. The Kier molecular flexibility index (Phi) is 7.00. The summed E-state index contributed by atoms with van der Waals surface area (Å²) in [5, 5.41) is 3.18. The van der Waals surface area contributed by atoms with Crippen LogP contribution in [-0.2, 0) is 4.79 Å². The normalized spacial score (nSPS) is 19.3. The Morgan fingerprint density at radius 1 is 1.04 bits per heavy atom. The van der Waals surface area contributed by atoms with Crippen LogP contribution in [0.4, 0.5) is 0 Å². The van der Waals surface area contributed by atoms with Gasteiger partial charge in [0.2, 0.25) is 5.91 Å². The molecule has 142 valence electrons. The first-order valence-corrected chi connectivity index (χ1v) is 10.4. The highest BCUT2D eigenvalue weighted by Crippen LogP contribution is 2.27. The van der Waals surface area contributed by atoms with E-state index in [4.69, 9.17) is 0 Å². The monoisotopic (exact) mass is 374 g/mol. The highest BCUT2D eigenvalue weighted by molar-refractivity contribution is 7.80. The number of hydrogen-bond acceptors (Lipinski definition) is 3. The van der Waals surface area contributed by atoms with Gasteiger partial charge in [-0.05, 0) is 37.3 Å². The lowest BCUT2D eigenvalue weighted by molar-refractivity contribution is -0.122. The summed E-state index contributed by atoms with van der Waals surface area (Å²) in [5.74, 6) is 0.967. The van der Waals surface area contributed by atoms with Gasteiger partial charge in [-0.3, -0.25) is 9.59 Å². The molecule has 2 amide bonds. The third kappa shape index (κ3) is 5.26. The lowest BCUT2D eigenvalue weighted by Crippen LogP contribution is -2.46. The molecule has 1 aromatic rings. The molecule has 5 heteroatoms. The fraction of sp³-hybridized carbons (Fsp3) is 0.619. The van der Waals surface area contributed by atoms with E-state index in [0.717, 1.165) is 30.1 Å². The Balaban J connectivity index is 1.40. The van der Waals surface area contributed by atoms with Crippen molar-refractivity contribution >= 4 is 24.4 Å². The van der Waals surface area contributed by atoms with Crippen molar-refractivity contribution in [3.63, 3.8) is 0 Å². The van der Waals surface area contributed by atoms with Crippen molar-refractivity contribution in [3.05, 3.63) is 29.8 Å². The van der Waals surface area contributed by atoms with Crippen LogP contribution in [0.5, 0.6) is 0 Å². The lowest BCUT2D eigenvalue weighted by Gasteiger charge is -2.33. The van der Waals surface area contributed by atoms with Crippen LogP contribution in [0.1, 0.15) is 68.1 Å². The number of amides is 2. The van der Waals surface area contributed by atoms with Gasteiger partial charge in [0, 0.05) is 30.4 Å². The van der Waals surface area contributed by atoms with Gasteiger partial charge in [-0.15, -0.1) is 12.6 Å². The summed E-state index contributed by atoms with van der Waals surface area (Å²) in [5.41, 5.74) is 0.658. The third-order valence-corrected chi connectivity index (χ3v) is 6.18. The second-order valence-electron chi connectivity index (χ2n) is 7.69. The minimum Gasteiger partial charge on any atom is -0.353 e. The number of benzene rings is 1. The molecule has 1 saturated heterocycles. The summed E-state index contributed by atoms with van der Waals surface area (Å²) in [6, 6.07) is 7.61. The molecule has 1 N–H and O–H groups in total. The zero-order valence-corrected chi connectivity index (χ0v) is 16.3. The average molecular weight is 375 g/mol. The number of carbonyl (C=O) groups excluding carboxylic acids is 2. The van der Waals surface area contributed by atoms with Crippen molar-refractivity contribution < 1.29 is 9.59 Å². The maximum absolute atomic E-state index is 12.6. The highest BCUT2D eigenvalue weighted by atomic mass is 32.1. The smallest absolute Gasteiger partial charge is 0.254 e. The topological polar surface area (TPSA) is 49.4 Å². The predicted molar refractivity (Wildman–Crippen MR) is 107 cm³/mol. The van der Waals surface area contributed by atoms with Crippen LogP contribution in [0.25, 0.3) is 0 Å². The van der Waals surface area contributed by atoms with E-state index in [2.05, 4.69) is 17.9 Å². The first-order valence-electron chi connectivity index (χ1n) is 10.00.